The summed E-state index contributed by atoms with van der Waals surface area (Å²) in [7, 11) is 0. The van der Waals surface area contributed by atoms with E-state index in [0.29, 0.717) is 12.2 Å². The molecule has 0 aromatic carbocycles. The Hall–Kier alpha value is -1.49. The van der Waals surface area contributed by atoms with E-state index in [0.717, 1.165) is 18.9 Å². The molecule has 1 aliphatic carbocycles. The molecule has 0 aliphatic heterocycles. The van der Waals surface area contributed by atoms with Crippen LogP contribution in [0.4, 0.5) is 4.79 Å². The van der Waals surface area contributed by atoms with Crippen LogP contribution in [-0.4, -0.2) is 23.7 Å². The van der Waals surface area contributed by atoms with Crippen LogP contribution < -0.4 is 10.6 Å². The monoisotopic (exact) mass is 280 g/mol. The van der Waals surface area contributed by atoms with Crippen LogP contribution in [-0.2, 0) is 0 Å². The van der Waals surface area contributed by atoms with Crippen LogP contribution in [0.25, 0.3) is 0 Å². The highest BCUT2D eigenvalue weighted by Crippen LogP contribution is 2.28. The summed E-state index contributed by atoms with van der Waals surface area (Å²) in [6.07, 6.45) is 6.28. The zero-order chi connectivity index (χ0) is 14.4. The van der Waals surface area contributed by atoms with Gasteiger partial charge in [-0.1, -0.05) is 19.3 Å². The molecule has 1 aliphatic rings. The van der Waals surface area contributed by atoms with Crippen LogP contribution in [0.3, 0.4) is 0 Å². The molecule has 0 saturated heterocycles. The lowest BCUT2D eigenvalue weighted by atomic mass is 9.83. The summed E-state index contributed by atoms with van der Waals surface area (Å²) in [4.78, 5) is 11.7. The van der Waals surface area contributed by atoms with Gasteiger partial charge in [-0.3, -0.25) is 0 Å². The van der Waals surface area contributed by atoms with Crippen LogP contribution >= 0.6 is 0 Å². The molecule has 112 valence electrons. The van der Waals surface area contributed by atoms with Gasteiger partial charge in [-0.05, 0) is 31.4 Å². The minimum absolute atomic E-state index is 0.112. The summed E-state index contributed by atoms with van der Waals surface area (Å²) < 4.78 is 5.13. The number of urea groups is 1. The molecule has 1 aromatic rings. The Morgan fingerprint density at radius 2 is 2.35 bits per heavy atom. The molecule has 0 unspecified atom stereocenters. The van der Waals surface area contributed by atoms with Gasteiger partial charge in [0.2, 0.25) is 0 Å². The van der Waals surface area contributed by atoms with E-state index >= 15 is 0 Å². The fourth-order valence-corrected chi connectivity index (χ4v) is 2.44. The van der Waals surface area contributed by atoms with Crippen LogP contribution in [0.15, 0.2) is 22.8 Å². The summed E-state index contributed by atoms with van der Waals surface area (Å²) in [5.74, 6) is 1.33. The molecule has 1 fully saturated rings. The second-order valence-corrected chi connectivity index (χ2v) is 5.65. The SMILES string of the molecule is C[C@H](C[C@@H](O)c1ccco1)NC(=O)NCCC1CCC1. The van der Waals surface area contributed by atoms with Gasteiger partial charge in [-0.25, -0.2) is 4.79 Å². The van der Waals surface area contributed by atoms with Crippen molar-refractivity contribution in [2.24, 2.45) is 5.92 Å². The maximum absolute atomic E-state index is 11.7. The molecule has 2 rings (SSSR count). The topological polar surface area (TPSA) is 74.5 Å². The van der Waals surface area contributed by atoms with Crippen molar-refractivity contribution < 1.29 is 14.3 Å². The van der Waals surface area contributed by atoms with Gasteiger partial charge >= 0.3 is 6.03 Å². The van der Waals surface area contributed by atoms with Gasteiger partial charge in [0.1, 0.15) is 11.9 Å². The Morgan fingerprint density at radius 3 is 2.95 bits per heavy atom. The molecule has 3 N–H and O–H groups in total. The minimum atomic E-state index is -0.685. The second-order valence-electron chi connectivity index (χ2n) is 5.65. The highest BCUT2D eigenvalue weighted by Gasteiger charge is 2.18. The Balaban J connectivity index is 1.60. The van der Waals surface area contributed by atoms with Crippen molar-refractivity contribution in [1.82, 2.24) is 10.6 Å². The number of hydrogen-bond donors (Lipinski definition) is 3. The third-order valence-electron chi connectivity index (χ3n) is 3.89. The zero-order valence-corrected chi connectivity index (χ0v) is 12.0. The van der Waals surface area contributed by atoms with Gasteiger partial charge in [0, 0.05) is 19.0 Å². The molecule has 1 saturated carbocycles. The molecule has 1 aromatic heterocycles. The lowest BCUT2D eigenvalue weighted by molar-refractivity contribution is 0.129. The number of hydrogen-bond acceptors (Lipinski definition) is 3. The number of furan rings is 1. The molecule has 0 radical (unpaired) electrons. The fourth-order valence-electron chi connectivity index (χ4n) is 2.44. The van der Waals surface area contributed by atoms with Crippen LogP contribution in [0.1, 0.15) is 50.9 Å². The van der Waals surface area contributed by atoms with Crippen molar-refractivity contribution in [3.05, 3.63) is 24.2 Å². The number of nitrogens with one attached hydrogen (secondary N) is 2. The second kappa shape index (κ2) is 7.33. The molecule has 5 heteroatoms. The van der Waals surface area contributed by atoms with E-state index in [-0.39, 0.29) is 12.1 Å². The number of aliphatic hydroxyl groups excluding tert-OH is 1. The van der Waals surface area contributed by atoms with Gasteiger partial charge in [-0.2, -0.15) is 0 Å². The Bertz CT molecular complexity index is 401. The average molecular weight is 280 g/mol. The number of rotatable bonds is 7. The van der Waals surface area contributed by atoms with Crippen LogP contribution in [0.5, 0.6) is 0 Å². The first-order chi connectivity index (χ1) is 9.65. The summed E-state index contributed by atoms with van der Waals surface area (Å²) in [5, 5.41) is 15.6. The van der Waals surface area contributed by atoms with Crippen molar-refractivity contribution in [2.75, 3.05) is 6.54 Å². The smallest absolute Gasteiger partial charge is 0.314 e. The first-order valence-electron chi connectivity index (χ1n) is 7.41. The molecule has 20 heavy (non-hydrogen) atoms. The lowest BCUT2D eigenvalue weighted by Crippen LogP contribution is -2.42. The molecule has 2 atom stereocenters. The van der Waals surface area contributed by atoms with E-state index in [1.807, 2.05) is 6.92 Å². The zero-order valence-electron chi connectivity index (χ0n) is 12.0. The maximum atomic E-state index is 11.7. The predicted molar refractivity (Wildman–Crippen MR) is 76.2 cm³/mol. The summed E-state index contributed by atoms with van der Waals surface area (Å²) in [6.45, 7) is 2.60. The minimum Gasteiger partial charge on any atom is -0.467 e. The lowest BCUT2D eigenvalue weighted by Gasteiger charge is -2.25. The van der Waals surface area contributed by atoms with Crippen molar-refractivity contribution in [3.8, 4) is 0 Å². The molecule has 0 bridgehead atoms. The van der Waals surface area contributed by atoms with Crippen LogP contribution in [0, 0.1) is 5.92 Å². The predicted octanol–water partition coefficient (Wildman–Crippen LogP) is 2.58. The highest BCUT2D eigenvalue weighted by atomic mass is 16.4. The van der Waals surface area contributed by atoms with E-state index in [1.54, 1.807) is 12.1 Å². The molecule has 2 amide bonds. The van der Waals surface area contributed by atoms with Gasteiger partial charge in [0.25, 0.3) is 0 Å². The summed E-state index contributed by atoms with van der Waals surface area (Å²) in [6, 6.07) is 3.20. The first-order valence-corrected chi connectivity index (χ1v) is 7.41. The molecular formula is C15H24N2O3. The number of carbonyl (C=O) groups excluding carboxylic acids is 1. The molecule has 5 nitrogen and oxygen atoms in total. The highest BCUT2D eigenvalue weighted by molar-refractivity contribution is 5.74. The van der Waals surface area contributed by atoms with E-state index < -0.39 is 6.10 Å². The van der Waals surface area contributed by atoms with Gasteiger partial charge in [-0.15, -0.1) is 0 Å². The Kier molecular flexibility index (Phi) is 5.47. The van der Waals surface area contributed by atoms with Crippen LogP contribution in [0.2, 0.25) is 0 Å². The normalized spacial score (nSPS) is 18.1. The van der Waals surface area contributed by atoms with Gasteiger partial charge in [0.05, 0.1) is 6.26 Å². The maximum Gasteiger partial charge on any atom is 0.314 e. The summed E-state index contributed by atoms with van der Waals surface area (Å²) >= 11 is 0. The van der Waals surface area contributed by atoms with Crippen molar-refractivity contribution >= 4 is 6.03 Å². The third kappa shape index (κ3) is 4.56. The Labute approximate surface area is 119 Å². The fraction of sp³-hybridized carbons (Fsp3) is 0.667. The number of carbonyl (C=O) groups is 1. The Morgan fingerprint density at radius 1 is 1.55 bits per heavy atom. The van der Waals surface area contributed by atoms with Gasteiger partial charge < -0.3 is 20.2 Å². The quantitative estimate of drug-likeness (QED) is 0.718. The van der Waals surface area contributed by atoms with Gasteiger partial charge in [0.15, 0.2) is 0 Å². The third-order valence-corrected chi connectivity index (χ3v) is 3.89. The van der Waals surface area contributed by atoms with Crippen molar-refractivity contribution in [1.29, 1.82) is 0 Å². The largest absolute Gasteiger partial charge is 0.467 e. The standard InChI is InChI=1S/C15H24N2O3/c1-11(10-13(18)14-6-3-9-20-14)17-15(19)16-8-7-12-4-2-5-12/h3,6,9,11-13,18H,2,4-5,7-8,10H2,1H3,(H2,16,17,19)/t11-,13-/m1/s1. The average Bonchev–Trinajstić information content (AvgIpc) is 2.85. The van der Waals surface area contributed by atoms with E-state index in [1.165, 1.54) is 25.5 Å². The molecule has 1 heterocycles. The first kappa shape index (κ1) is 14.9. The van der Waals surface area contributed by atoms with E-state index in [2.05, 4.69) is 10.6 Å². The molecular weight excluding hydrogens is 256 g/mol. The number of aliphatic hydroxyl groups is 1. The summed E-state index contributed by atoms with van der Waals surface area (Å²) in [5.41, 5.74) is 0. The number of amides is 2. The van der Waals surface area contributed by atoms with Crippen molar-refractivity contribution in [2.45, 2.75) is 51.2 Å². The van der Waals surface area contributed by atoms with E-state index in [4.69, 9.17) is 4.42 Å². The van der Waals surface area contributed by atoms with E-state index in [9.17, 15) is 9.90 Å². The molecule has 0 spiro atoms. The van der Waals surface area contributed by atoms with Crippen molar-refractivity contribution in [3.63, 3.8) is 0 Å².